The zero-order valence-corrected chi connectivity index (χ0v) is 12.3. The van der Waals surface area contributed by atoms with Gasteiger partial charge in [-0.15, -0.1) is 11.3 Å². The molecule has 2 rings (SSSR count). The Kier molecular flexibility index (Phi) is 3.74. The Bertz CT molecular complexity index is 498. The first-order chi connectivity index (χ1) is 8.40. The summed E-state index contributed by atoms with van der Waals surface area (Å²) in [5.74, 6) is 0.553. The van der Waals surface area contributed by atoms with E-state index in [1.54, 1.807) is 11.3 Å². The number of hydrogen-bond acceptors (Lipinski definition) is 4. The molecular weight excluding hydrogens is 318 g/mol. The van der Waals surface area contributed by atoms with Crippen molar-refractivity contribution in [2.45, 2.75) is 18.9 Å². The summed E-state index contributed by atoms with van der Waals surface area (Å²) in [6.07, 6.45) is -0.541. The van der Waals surface area contributed by atoms with Crippen molar-refractivity contribution in [2.24, 2.45) is 10.7 Å². The first kappa shape index (κ1) is 13.5. The van der Waals surface area contributed by atoms with E-state index in [4.69, 9.17) is 10.8 Å². The number of nitrogens with zero attached hydrogens (tertiary/aromatic N) is 2. The topological polar surface area (TPSA) is 78.9 Å². The van der Waals surface area contributed by atoms with Gasteiger partial charge < -0.3 is 10.8 Å². The van der Waals surface area contributed by atoms with E-state index in [0.29, 0.717) is 25.3 Å². The maximum absolute atomic E-state index is 11.0. The number of hydrogen-bond donors (Lipinski definition) is 2. The Morgan fingerprint density at radius 2 is 2.50 bits per heavy atom. The lowest BCUT2D eigenvalue weighted by molar-refractivity contribution is 0.171. The summed E-state index contributed by atoms with van der Waals surface area (Å²) in [6, 6.07) is 1.96. The highest BCUT2D eigenvalue weighted by Gasteiger charge is 2.31. The highest BCUT2D eigenvalue weighted by molar-refractivity contribution is 9.10. The van der Waals surface area contributed by atoms with Gasteiger partial charge in [0.1, 0.15) is 5.84 Å². The summed E-state index contributed by atoms with van der Waals surface area (Å²) in [7, 11) is 0. The molecule has 3 N–H and O–H groups in total. The monoisotopic (exact) mass is 331 g/mol. The molecule has 1 amide bonds. The number of amides is 1. The molecule has 0 fully saturated rings. The number of halogens is 1. The lowest BCUT2D eigenvalue weighted by Gasteiger charge is -2.25. The van der Waals surface area contributed by atoms with E-state index in [0.717, 1.165) is 9.35 Å². The zero-order chi connectivity index (χ0) is 13.3. The van der Waals surface area contributed by atoms with Crippen molar-refractivity contribution >= 4 is 39.2 Å². The number of rotatable bonds is 3. The van der Waals surface area contributed by atoms with Crippen LogP contribution >= 0.6 is 27.3 Å². The minimum Gasteiger partial charge on any atom is -0.465 e. The molecule has 1 atom stereocenters. The molecule has 7 heteroatoms. The molecule has 98 valence electrons. The van der Waals surface area contributed by atoms with E-state index in [1.807, 2.05) is 18.4 Å². The summed E-state index contributed by atoms with van der Waals surface area (Å²) >= 11 is 4.95. The lowest BCUT2D eigenvalue weighted by atomic mass is 9.96. The minimum atomic E-state index is -0.964. The van der Waals surface area contributed by atoms with E-state index < -0.39 is 11.6 Å². The van der Waals surface area contributed by atoms with Gasteiger partial charge in [-0.2, -0.15) is 0 Å². The summed E-state index contributed by atoms with van der Waals surface area (Å²) < 4.78 is 0.989. The van der Waals surface area contributed by atoms with E-state index >= 15 is 0 Å². The molecule has 0 aliphatic carbocycles. The summed E-state index contributed by atoms with van der Waals surface area (Å²) in [5, 5.41) is 11.0. The molecular formula is C11H14BrN3O2S. The van der Waals surface area contributed by atoms with E-state index in [-0.39, 0.29) is 0 Å². The Balaban J connectivity index is 2.15. The summed E-state index contributed by atoms with van der Waals surface area (Å²) in [6.45, 7) is 2.84. The van der Waals surface area contributed by atoms with Crippen LogP contribution in [0.25, 0.3) is 0 Å². The fourth-order valence-corrected chi connectivity index (χ4v) is 3.38. The molecule has 0 saturated heterocycles. The molecule has 1 unspecified atom stereocenters. The average Bonchev–Trinajstić information content (AvgIpc) is 2.86. The van der Waals surface area contributed by atoms with Crippen molar-refractivity contribution in [1.29, 1.82) is 0 Å². The zero-order valence-electron chi connectivity index (χ0n) is 9.89. The van der Waals surface area contributed by atoms with Crippen LogP contribution in [-0.2, 0) is 5.54 Å². The molecule has 1 aliphatic rings. The Hall–Kier alpha value is -0.920. The third kappa shape index (κ3) is 2.73. The molecule has 18 heavy (non-hydrogen) atoms. The van der Waals surface area contributed by atoms with Gasteiger partial charge in [0.05, 0.1) is 18.6 Å². The normalized spacial score (nSPS) is 18.6. The predicted molar refractivity (Wildman–Crippen MR) is 75.2 cm³/mol. The molecule has 0 aromatic carbocycles. The Morgan fingerprint density at radius 1 is 1.78 bits per heavy atom. The summed E-state index contributed by atoms with van der Waals surface area (Å²) in [5.41, 5.74) is 5.68. The van der Waals surface area contributed by atoms with Crippen LogP contribution in [0.2, 0.25) is 0 Å². The third-order valence-corrected chi connectivity index (χ3v) is 4.79. The number of carbonyl (C=O) groups is 1. The largest absolute Gasteiger partial charge is 0.465 e. The minimum absolute atomic E-state index is 0.423. The molecule has 0 saturated carbocycles. The lowest BCUT2D eigenvalue weighted by Crippen LogP contribution is -2.41. The van der Waals surface area contributed by atoms with Crippen molar-refractivity contribution in [2.75, 3.05) is 13.1 Å². The molecule has 0 spiro atoms. The van der Waals surface area contributed by atoms with E-state index in [2.05, 4.69) is 20.9 Å². The quantitative estimate of drug-likeness (QED) is 0.892. The van der Waals surface area contributed by atoms with Gasteiger partial charge in [-0.25, -0.2) is 4.79 Å². The van der Waals surface area contributed by atoms with Crippen LogP contribution in [-0.4, -0.2) is 35.0 Å². The second-order valence-electron chi connectivity index (χ2n) is 4.46. The van der Waals surface area contributed by atoms with Crippen LogP contribution in [0.5, 0.6) is 0 Å². The van der Waals surface area contributed by atoms with Crippen molar-refractivity contribution in [3.8, 4) is 0 Å². The Labute approximate surface area is 117 Å². The predicted octanol–water partition coefficient (Wildman–Crippen LogP) is 2.47. The maximum Gasteiger partial charge on any atom is 0.412 e. The number of carboxylic acid groups (broad SMARTS) is 1. The van der Waals surface area contributed by atoms with Crippen LogP contribution in [0.3, 0.4) is 0 Å². The average molecular weight is 332 g/mol. The standard InChI is InChI=1S/C11H14BrN3O2S/c1-11(13,8-4-7(12)6-18-8)5-9-14-2-3-15(9)10(16)17/h4,6H,2-3,5,13H2,1H3,(H,16,17). The second kappa shape index (κ2) is 4.99. The van der Waals surface area contributed by atoms with Gasteiger partial charge in [0.15, 0.2) is 0 Å². The van der Waals surface area contributed by atoms with Crippen LogP contribution in [0, 0.1) is 0 Å². The van der Waals surface area contributed by atoms with Gasteiger partial charge in [0, 0.05) is 21.2 Å². The molecule has 1 aliphatic heterocycles. The number of nitrogens with two attached hydrogens (primary N) is 1. The van der Waals surface area contributed by atoms with Crippen molar-refractivity contribution in [3.05, 3.63) is 20.8 Å². The second-order valence-corrected chi connectivity index (χ2v) is 6.28. The fourth-order valence-electron chi connectivity index (χ4n) is 1.88. The van der Waals surface area contributed by atoms with Crippen LogP contribution in [0.4, 0.5) is 4.79 Å². The first-order valence-electron chi connectivity index (χ1n) is 5.47. The van der Waals surface area contributed by atoms with Crippen molar-refractivity contribution in [1.82, 2.24) is 4.90 Å². The van der Waals surface area contributed by atoms with Gasteiger partial charge in [0.2, 0.25) is 0 Å². The molecule has 1 aromatic heterocycles. The highest BCUT2D eigenvalue weighted by Crippen LogP contribution is 2.31. The number of aliphatic imine (C=N–C) groups is 1. The van der Waals surface area contributed by atoms with Gasteiger partial charge >= 0.3 is 6.09 Å². The van der Waals surface area contributed by atoms with Gasteiger partial charge in [-0.05, 0) is 28.9 Å². The van der Waals surface area contributed by atoms with Crippen molar-refractivity contribution in [3.63, 3.8) is 0 Å². The van der Waals surface area contributed by atoms with Crippen LogP contribution in [0.1, 0.15) is 18.2 Å². The first-order valence-corrected chi connectivity index (χ1v) is 7.14. The van der Waals surface area contributed by atoms with Crippen molar-refractivity contribution < 1.29 is 9.90 Å². The maximum atomic E-state index is 11.0. The molecule has 0 bridgehead atoms. The molecule has 2 heterocycles. The number of amidine groups is 1. The van der Waals surface area contributed by atoms with E-state index in [1.165, 1.54) is 4.90 Å². The van der Waals surface area contributed by atoms with E-state index in [9.17, 15) is 4.79 Å². The third-order valence-electron chi connectivity index (χ3n) is 2.82. The molecule has 5 nitrogen and oxygen atoms in total. The van der Waals surface area contributed by atoms with Gasteiger partial charge in [-0.3, -0.25) is 9.89 Å². The molecule has 0 radical (unpaired) electrons. The SMILES string of the molecule is CC(N)(CC1=NCCN1C(=O)O)c1cc(Br)cs1. The van der Waals surface area contributed by atoms with Gasteiger partial charge in [0.25, 0.3) is 0 Å². The van der Waals surface area contributed by atoms with Crippen LogP contribution < -0.4 is 5.73 Å². The summed E-state index contributed by atoms with van der Waals surface area (Å²) in [4.78, 5) is 17.5. The number of thiophene rings is 1. The fraction of sp³-hybridized carbons (Fsp3) is 0.455. The Morgan fingerprint density at radius 3 is 3.06 bits per heavy atom. The van der Waals surface area contributed by atoms with Crippen LogP contribution in [0.15, 0.2) is 20.9 Å². The smallest absolute Gasteiger partial charge is 0.412 e. The van der Waals surface area contributed by atoms with Gasteiger partial charge in [-0.1, -0.05) is 0 Å². The highest BCUT2D eigenvalue weighted by atomic mass is 79.9. The molecule has 1 aromatic rings.